The largest absolute Gasteiger partial charge is 0.372 e. The Kier molecular flexibility index (Phi) is 3.76. The van der Waals surface area contributed by atoms with Crippen molar-refractivity contribution >= 4 is 5.69 Å². The summed E-state index contributed by atoms with van der Waals surface area (Å²) in [4.78, 5) is 2.54. The van der Waals surface area contributed by atoms with Crippen molar-refractivity contribution in [2.45, 2.75) is 46.5 Å². The molecule has 1 aliphatic rings. The predicted molar refractivity (Wildman–Crippen MR) is 75.7 cm³/mol. The van der Waals surface area contributed by atoms with Gasteiger partial charge in [-0.05, 0) is 48.8 Å². The van der Waals surface area contributed by atoms with Crippen LogP contribution in [-0.4, -0.2) is 13.1 Å². The maximum absolute atomic E-state index is 2.54. The zero-order valence-corrected chi connectivity index (χ0v) is 11.5. The van der Waals surface area contributed by atoms with E-state index in [1.54, 1.807) is 0 Å². The molecule has 94 valence electrons. The van der Waals surface area contributed by atoms with E-state index in [4.69, 9.17) is 0 Å². The van der Waals surface area contributed by atoms with Crippen LogP contribution in [0, 0.1) is 5.41 Å². The van der Waals surface area contributed by atoms with Gasteiger partial charge < -0.3 is 4.90 Å². The normalized spacial score (nSPS) is 17.2. The minimum atomic E-state index is 0.376. The first-order valence-electron chi connectivity index (χ1n) is 6.88. The number of nitrogens with zero attached hydrogens (tertiary/aromatic N) is 1. The quantitative estimate of drug-likeness (QED) is 0.735. The lowest BCUT2D eigenvalue weighted by molar-refractivity contribution is 0.411. The fourth-order valence-electron chi connectivity index (χ4n) is 2.63. The topological polar surface area (TPSA) is 3.24 Å². The molecule has 1 aromatic rings. The molecule has 1 heterocycles. The molecule has 17 heavy (non-hydrogen) atoms. The van der Waals surface area contributed by atoms with E-state index in [9.17, 15) is 0 Å². The van der Waals surface area contributed by atoms with Crippen LogP contribution in [0.3, 0.4) is 0 Å². The molecule has 0 N–H and O–H groups in total. The fourth-order valence-corrected chi connectivity index (χ4v) is 2.63. The van der Waals surface area contributed by atoms with Gasteiger partial charge in [0.2, 0.25) is 0 Å². The molecule has 0 unspecified atom stereocenters. The molecule has 2 rings (SSSR count). The van der Waals surface area contributed by atoms with Crippen LogP contribution in [0.4, 0.5) is 5.69 Å². The molecule has 0 bridgehead atoms. The highest BCUT2D eigenvalue weighted by Crippen LogP contribution is 2.25. The van der Waals surface area contributed by atoms with Gasteiger partial charge in [0.05, 0.1) is 0 Å². The van der Waals surface area contributed by atoms with Crippen molar-refractivity contribution in [3.8, 4) is 0 Å². The van der Waals surface area contributed by atoms with Crippen molar-refractivity contribution in [1.29, 1.82) is 0 Å². The van der Waals surface area contributed by atoms with E-state index >= 15 is 0 Å². The van der Waals surface area contributed by atoms with Crippen LogP contribution in [0.1, 0.15) is 45.6 Å². The molecular weight excluding hydrogens is 206 g/mol. The third-order valence-electron chi connectivity index (χ3n) is 3.37. The maximum atomic E-state index is 2.54. The SMILES string of the molecule is CC(C)(C)Cc1cccc(N2CCCCC2)c1. The smallest absolute Gasteiger partial charge is 0.0368 e. The molecule has 0 aromatic heterocycles. The lowest BCUT2D eigenvalue weighted by Crippen LogP contribution is -2.29. The molecule has 1 saturated heterocycles. The first kappa shape index (κ1) is 12.5. The monoisotopic (exact) mass is 231 g/mol. The van der Waals surface area contributed by atoms with Gasteiger partial charge in [-0.15, -0.1) is 0 Å². The highest BCUT2D eigenvalue weighted by atomic mass is 15.1. The van der Waals surface area contributed by atoms with Crippen molar-refractivity contribution in [1.82, 2.24) is 0 Å². The maximum Gasteiger partial charge on any atom is 0.0368 e. The average Bonchev–Trinajstić information content (AvgIpc) is 2.28. The van der Waals surface area contributed by atoms with Crippen LogP contribution in [0.25, 0.3) is 0 Å². The van der Waals surface area contributed by atoms with E-state index < -0.39 is 0 Å². The Balaban J connectivity index is 2.10. The lowest BCUT2D eigenvalue weighted by Gasteiger charge is -2.29. The van der Waals surface area contributed by atoms with Crippen LogP contribution < -0.4 is 4.90 Å². The Labute approximate surface area is 106 Å². The molecular formula is C16H25N. The Morgan fingerprint density at radius 1 is 1.06 bits per heavy atom. The molecule has 1 aliphatic heterocycles. The van der Waals surface area contributed by atoms with Gasteiger partial charge in [0.25, 0.3) is 0 Å². The molecule has 1 fully saturated rings. The third-order valence-corrected chi connectivity index (χ3v) is 3.37. The molecule has 0 atom stereocenters. The van der Waals surface area contributed by atoms with Gasteiger partial charge in [-0.2, -0.15) is 0 Å². The van der Waals surface area contributed by atoms with E-state index in [2.05, 4.69) is 49.9 Å². The summed E-state index contributed by atoms with van der Waals surface area (Å²) in [6.45, 7) is 9.39. The standard InChI is InChI=1S/C16H25N/c1-16(2,3)13-14-8-7-9-15(12-14)17-10-5-4-6-11-17/h7-9,12H,4-6,10-11,13H2,1-3H3. The molecule has 0 amide bonds. The second-order valence-corrected chi connectivity index (χ2v) is 6.46. The van der Waals surface area contributed by atoms with Gasteiger partial charge in [0, 0.05) is 18.8 Å². The van der Waals surface area contributed by atoms with Crippen LogP contribution in [0.5, 0.6) is 0 Å². The summed E-state index contributed by atoms with van der Waals surface area (Å²) in [7, 11) is 0. The fraction of sp³-hybridized carbons (Fsp3) is 0.625. The summed E-state index contributed by atoms with van der Waals surface area (Å²) in [6.07, 6.45) is 5.26. The Bertz CT molecular complexity index is 356. The minimum absolute atomic E-state index is 0.376. The lowest BCUT2D eigenvalue weighted by atomic mass is 9.88. The van der Waals surface area contributed by atoms with Crippen LogP contribution in [0.15, 0.2) is 24.3 Å². The van der Waals surface area contributed by atoms with Crippen LogP contribution in [0.2, 0.25) is 0 Å². The van der Waals surface area contributed by atoms with Gasteiger partial charge in [-0.3, -0.25) is 0 Å². The van der Waals surface area contributed by atoms with Crippen molar-refractivity contribution < 1.29 is 0 Å². The van der Waals surface area contributed by atoms with Crippen molar-refractivity contribution in [3.05, 3.63) is 29.8 Å². The number of anilines is 1. The molecule has 1 aromatic carbocycles. The average molecular weight is 231 g/mol. The van der Waals surface area contributed by atoms with Gasteiger partial charge in [0.1, 0.15) is 0 Å². The zero-order valence-electron chi connectivity index (χ0n) is 11.5. The summed E-state index contributed by atoms with van der Waals surface area (Å²) in [5.74, 6) is 0. The van der Waals surface area contributed by atoms with E-state index in [0.29, 0.717) is 5.41 Å². The summed E-state index contributed by atoms with van der Waals surface area (Å²) in [5, 5.41) is 0. The number of piperidine rings is 1. The van der Waals surface area contributed by atoms with Crippen molar-refractivity contribution in [2.24, 2.45) is 5.41 Å². The van der Waals surface area contributed by atoms with Gasteiger partial charge >= 0.3 is 0 Å². The molecule has 0 radical (unpaired) electrons. The molecule has 1 heteroatoms. The second kappa shape index (κ2) is 5.12. The number of rotatable bonds is 2. The molecule has 0 spiro atoms. The summed E-state index contributed by atoms with van der Waals surface area (Å²) < 4.78 is 0. The van der Waals surface area contributed by atoms with E-state index in [-0.39, 0.29) is 0 Å². The Morgan fingerprint density at radius 3 is 2.41 bits per heavy atom. The van der Waals surface area contributed by atoms with Gasteiger partial charge in [-0.1, -0.05) is 32.9 Å². The first-order chi connectivity index (χ1) is 8.04. The van der Waals surface area contributed by atoms with E-state index in [0.717, 1.165) is 6.42 Å². The number of benzene rings is 1. The molecule has 1 nitrogen and oxygen atoms in total. The van der Waals surface area contributed by atoms with Crippen LogP contribution in [-0.2, 0) is 6.42 Å². The third kappa shape index (κ3) is 3.76. The van der Waals surface area contributed by atoms with Gasteiger partial charge in [-0.25, -0.2) is 0 Å². The van der Waals surface area contributed by atoms with Gasteiger partial charge in [0.15, 0.2) is 0 Å². The van der Waals surface area contributed by atoms with Crippen molar-refractivity contribution in [3.63, 3.8) is 0 Å². The summed E-state index contributed by atoms with van der Waals surface area (Å²) in [5.41, 5.74) is 3.27. The van der Waals surface area contributed by atoms with Crippen molar-refractivity contribution in [2.75, 3.05) is 18.0 Å². The zero-order chi connectivity index (χ0) is 12.3. The Hall–Kier alpha value is -0.980. The molecule has 0 aliphatic carbocycles. The number of hydrogen-bond donors (Lipinski definition) is 0. The minimum Gasteiger partial charge on any atom is -0.372 e. The highest BCUT2D eigenvalue weighted by Gasteiger charge is 2.14. The molecule has 0 saturated carbocycles. The Morgan fingerprint density at radius 2 is 1.76 bits per heavy atom. The van der Waals surface area contributed by atoms with Crippen LogP contribution >= 0.6 is 0 Å². The summed E-state index contributed by atoms with van der Waals surface area (Å²) in [6, 6.07) is 9.12. The summed E-state index contributed by atoms with van der Waals surface area (Å²) >= 11 is 0. The van der Waals surface area contributed by atoms with E-state index in [1.165, 1.54) is 43.6 Å². The van der Waals surface area contributed by atoms with E-state index in [1.807, 2.05) is 0 Å². The predicted octanol–water partition coefficient (Wildman–Crippen LogP) is 4.27. The first-order valence-corrected chi connectivity index (χ1v) is 6.88. The highest BCUT2D eigenvalue weighted by molar-refractivity contribution is 5.49. The second-order valence-electron chi connectivity index (χ2n) is 6.46. The number of hydrogen-bond acceptors (Lipinski definition) is 1.